The average Bonchev–Trinajstić information content (AvgIpc) is 2.37. The molecule has 2 N–H and O–H groups in total. The standard InChI is InChI=1S/C13H16BrClN2O/c14-10-3-4-11(12(15)6-10)13(18)17-8-9-2-1-5-16-7-9/h3-4,6,9,16H,1-2,5,7-8H2,(H,17,18). The highest BCUT2D eigenvalue weighted by molar-refractivity contribution is 9.10. The van der Waals surface area contributed by atoms with Gasteiger partial charge in [-0.25, -0.2) is 0 Å². The Morgan fingerprint density at radius 3 is 3.06 bits per heavy atom. The maximum absolute atomic E-state index is 12.0. The number of amides is 1. The molecule has 0 saturated carbocycles. The maximum Gasteiger partial charge on any atom is 0.252 e. The van der Waals surface area contributed by atoms with Crippen molar-refractivity contribution in [3.8, 4) is 0 Å². The van der Waals surface area contributed by atoms with Gasteiger partial charge in [-0.1, -0.05) is 27.5 Å². The van der Waals surface area contributed by atoms with Crippen molar-refractivity contribution >= 4 is 33.4 Å². The van der Waals surface area contributed by atoms with Gasteiger partial charge in [0.2, 0.25) is 0 Å². The number of benzene rings is 1. The van der Waals surface area contributed by atoms with Gasteiger partial charge in [-0.15, -0.1) is 0 Å². The molecule has 3 nitrogen and oxygen atoms in total. The van der Waals surface area contributed by atoms with Crippen molar-refractivity contribution in [1.82, 2.24) is 10.6 Å². The van der Waals surface area contributed by atoms with Crippen molar-refractivity contribution in [3.05, 3.63) is 33.3 Å². The van der Waals surface area contributed by atoms with Crippen molar-refractivity contribution in [2.45, 2.75) is 12.8 Å². The molecule has 1 aliphatic rings. The first-order valence-electron chi connectivity index (χ1n) is 6.11. The largest absolute Gasteiger partial charge is 0.352 e. The van der Waals surface area contributed by atoms with Crippen LogP contribution >= 0.6 is 27.5 Å². The van der Waals surface area contributed by atoms with Crippen LogP contribution in [-0.2, 0) is 0 Å². The van der Waals surface area contributed by atoms with E-state index >= 15 is 0 Å². The van der Waals surface area contributed by atoms with Crippen LogP contribution in [0.25, 0.3) is 0 Å². The van der Waals surface area contributed by atoms with E-state index in [0.717, 1.165) is 17.6 Å². The summed E-state index contributed by atoms with van der Waals surface area (Å²) < 4.78 is 0.875. The third kappa shape index (κ3) is 3.70. The summed E-state index contributed by atoms with van der Waals surface area (Å²) in [6, 6.07) is 5.29. The van der Waals surface area contributed by atoms with Crippen LogP contribution in [0.1, 0.15) is 23.2 Å². The van der Waals surface area contributed by atoms with Crippen LogP contribution in [0.15, 0.2) is 22.7 Å². The predicted octanol–water partition coefficient (Wildman–Crippen LogP) is 2.83. The van der Waals surface area contributed by atoms with Gasteiger partial charge in [-0.2, -0.15) is 0 Å². The van der Waals surface area contributed by atoms with Gasteiger partial charge in [0.05, 0.1) is 10.6 Å². The lowest BCUT2D eigenvalue weighted by Gasteiger charge is -2.22. The molecule has 0 bridgehead atoms. The Morgan fingerprint density at radius 2 is 2.39 bits per heavy atom. The van der Waals surface area contributed by atoms with E-state index in [1.807, 2.05) is 6.07 Å². The van der Waals surface area contributed by atoms with Crippen molar-refractivity contribution in [1.29, 1.82) is 0 Å². The molecule has 1 fully saturated rings. The topological polar surface area (TPSA) is 41.1 Å². The van der Waals surface area contributed by atoms with E-state index in [1.54, 1.807) is 12.1 Å². The lowest BCUT2D eigenvalue weighted by molar-refractivity contribution is 0.0945. The number of hydrogen-bond donors (Lipinski definition) is 2. The number of hydrogen-bond acceptors (Lipinski definition) is 2. The quantitative estimate of drug-likeness (QED) is 0.894. The molecule has 0 spiro atoms. The molecule has 0 radical (unpaired) electrons. The van der Waals surface area contributed by atoms with Gasteiger partial charge in [0.1, 0.15) is 0 Å². The number of carbonyl (C=O) groups excluding carboxylic acids is 1. The second-order valence-corrected chi connectivity index (χ2v) is 5.87. The maximum atomic E-state index is 12.0. The van der Waals surface area contributed by atoms with Gasteiger partial charge in [0, 0.05) is 11.0 Å². The zero-order valence-corrected chi connectivity index (χ0v) is 12.4. The third-order valence-corrected chi connectivity index (χ3v) is 3.93. The van der Waals surface area contributed by atoms with Gasteiger partial charge in [0.25, 0.3) is 5.91 Å². The first kappa shape index (κ1) is 13.8. The Hall–Kier alpha value is -0.580. The van der Waals surface area contributed by atoms with E-state index in [2.05, 4.69) is 26.6 Å². The van der Waals surface area contributed by atoms with Gasteiger partial charge in [-0.05, 0) is 50.0 Å². The van der Waals surface area contributed by atoms with E-state index in [0.29, 0.717) is 23.0 Å². The van der Waals surface area contributed by atoms with E-state index in [1.165, 1.54) is 12.8 Å². The first-order valence-corrected chi connectivity index (χ1v) is 7.28. The predicted molar refractivity (Wildman–Crippen MR) is 77.1 cm³/mol. The number of halogens is 2. The Morgan fingerprint density at radius 1 is 1.56 bits per heavy atom. The number of carbonyl (C=O) groups is 1. The first-order chi connectivity index (χ1) is 8.66. The fourth-order valence-corrected chi connectivity index (χ4v) is 2.86. The van der Waals surface area contributed by atoms with Crippen LogP contribution in [-0.4, -0.2) is 25.5 Å². The molecule has 1 aliphatic heterocycles. The summed E-state index contributed by atoms with van der Waals surface area (Å²) in [6.45, 7) is 2.77. The third-order valence-electron chi connectivity index (χ3n) is 3.13. The number of nitrogens with one attached hydrogen (secondary N) is 2. The molecule has 98 valence electrons. The highest BCUT2D eigenvalue weighted by atomic mass is 79.9. The molecule has 0 aromatic heterocycles. The van der Waals surface area contributed by atoms with Crippen LogP contribution in [0.4, 0.5) is 0 Å². The summed E-state index contributed by atoms with van der Waals surface area (Å²) in [4.78, 5) is 12.0. The molecule has 1 saturated heterocycles. The smallest absolute Gasteiger partial charge is 0.252 e. The minimum absolute atomic E-state index is 0.0990. The van der Waals surface area contributed by atoms with E-state index < -0.39 is 0 Å². The van der Waals surface area contributed by atoms with Crippen molar-refractivity contribution in [3.63, 3.8) is 0 Å². The molecule has 2 rings (SSSR count). The molecule has 1 amide bonds. The molecule has 1 unspecified atom stereocenters. The molecule has 1 heterocycles. The summed E-state index contributed by atoms with van der Waals surface area (Å²) in [5.41, 5.74) is 0.531. The molecule has 1 aromatic rings. The van der Waals surface area contributed by atoms with Gasteiger partial charge in [0.15, 0.2) is 0 Å². The zero-order valence-electron chi connectivity index (χ0n) is 10.0. The van der Waals surface area contributed by atoms with Crippen molar-refractivity contribution < 1.29 is 4.79 Å². The van der Waals surface area contributed by atoms with Crippen LogP contribution in [0.3, 0.4) is 0 Å². The lowest BCUT2D eigenvalue weighted by Crippen LogP contribution is -2.38. The Labute approximate surface area is 120 Å². The Bertz CT molecular complexity index is 433. The molecule has 1 aromatic carbocycles. The van der Waals surface area contributed by atoms with Crippen LogP contribution in [0.5, 0.6) is 0 Å². The summed E-state index contributed by atoms with van der Waals surface area (Å²) in [6.07, 6.45) is 2.35. The Kier molecular flexibility index (Phi) is 5.03. The van der Waals surface area contributed by atoms with Gasteiger partial charge >= 0.3 is 0 Å². The number of piperidine rings is 1. The fourth-order valence-electron chi connectivity index (χ4n) is 2.10. The Balaban J connectivity index is 1.90. The summed E-state index contributed by atoms with van der Waals surface area (Å²) in [7, 11) is 0. The molecule has 5 heteroatoms. The molecule has 18 heavy (non-hydrogen) atoms. The summed E-state index contributed by atoms with van der Waals surface area (Å²) in [5, 5.41) is 6.76. The summed E-state index contributed by atoms with van der Waals surface area (Å²) >= 11 is 9.37. The monoisotopic (exact) mass is 330 g/mol. The number of rotatable bonds is 3. The van der Waals surface area contributed by atoms with E-state index in [4.69, 9.17) is 11.6 Å². The van der Waals surface area contributed by atoms with E-state index in [9.17, 15) is 4.79 Å². The van der Waals surface area contributed by atoms with Crippen molar-refractivity contribution in [2.24, 2.45) is 5.92 Å². The zero-order chi connectivity index (χ0) is 13.0. The summed E-state index contributed by atoms with van der Waals surface area (Å²) in [5.74, 6) is 0.426. The second-order valence-electron chi connectivity index (χ2n) is 4.55. The average molecular weight is 332 g/mol. The SMILES string of the molecule is O=C(NCC1CCCNC1)c1ccc(Br)cc1Cl. The minimum atomic E-state index is -0.0990. The highest BCUT2D eigenvalue weighted by Gasteiger charge is 2.15. The van der Waals surface area contributed by atoms with Gasteiger partial charge < -0.3 is 10.6 Å². The molecular weight excluding hydrogens is 316 g/mol. The van der Waals surface area contributed by atoms with Gasteiger partial charge in [-0.3, -0.25) is 4.79 Å². The minimum Gasteiger partial charge on any atom is -0.352 e. The fraction of sp³-hybridized carbons (Fsp3) is 0.462. The van der Waals surface area contributed by atoms with Crippen molar-refractivity contribution in [2.75, 3.05) is 19.6 Å². The molecular formula is C13H16BrClN2O. The van der Waals surface area contributed by atoms with E-state index in [-0.39, 0.29) is 5.91 Å². The van der Waals surface area contributed by atoms with Crippen LogP contribution in [0.2, 0.25) is 5.02 Å². The second kappa shape index (κ2) is 6.55. The highest BCUT2D eigenvalue weighted by Crippen LogP contribution is 2.21. The molecule has 1 atom stereocenters. The van der Waals surface area contributed by atoms with Crippen LogP contribution in [0, 0.1) is 5.92 Å². The van der Waals surface area contributed by atoms with Crippen LogP contribution < -0.4 is 10.6 Å². The lowest BCUT2D eigenvalue weighted by atomic mass is 10.00. The molecule has 0 aliphatic carbocycles. The normalized spacial score (nSPS) is 19.6.